The lowest BCUT2D eigenvalue weighted by molar-refractivity contribution is 0.322. The molecule has 0 aliphatic heterocycles. The van der Waals surface area contributed by atoms with Crippen molar-refractivity contribution in [2.75, 3.05) is 34.4 Å². The van der Waals surface area contributed by atoms with Crippen LogP contribution in [0.5, 0.6) is 17.2 Å². The van der Waals surface area contributed by atoms with E-state index in [-0.39, 0.29) is 24.0 Å². The number of aliphatic imine (C=N–C) groups is 1. The Morgan fingerprint density at radius 2 is 1.81 bits per heavy atom. The molecule has 0 saturated heterocycles. The quantitative estimate of drug-likeness (QED) is 0.245. The lowest BCUT2D eigenvalue weighted by atomic mass is 10.1. The molecule has 2 N–H and O–H groups in total. The lowest BCUT2D eigenvalue weighted by Gasteiger charge is -2.16. The first kappa shape index (κ1) is 24.5. The zero-order valence-corrected chi connectivity index (χ0v) is 20.5. The summed E-state index contributed by atoms with van der Waals surface area (Å²) in [7, 11) is 4.84. The molecule has 0 unspecified atom stereocenters. The first-order valence-electron chi connectivity index (χ1n) is 9.80. The van der Waals surface area contributed by atoms with Gasteiger partial charge in [-0.2, -0.15) is 0 Å². The summed E-state index contributed by atoms with van der Waals surface area (Å²) in [5.41, 5.74) is 1.82. The number of hydrogen-bond donors (Lipinski definition) is 2. The van der Waals surface area contributed by atoms with Crippen molar-refractivity contribution >= 4 is 35.6 Å². The number of guanidine groups is 1. The molecule has 1 aromatic carbocycles. The van der Waals surface area contributed by atoms with Crippen LogP contribution in [0, 0.1) is 0 Å². The van der Waals surface area contributed by atoms with Gasteiger partial charge in [-0.1, -0.05) is 12.1 Å². The number of aromatic nitrogens is 3. The third-order valence-corrected chi connectivity index (χ3v) is 4.58. The van der Waals surface area contributed by atoms with Crippen LogP contribution < -0.4 is 24.8 Å². The number of nitrogens with zero attached hydrogens (tertiary/aromatic N) is 4. The van der Waals surface area contributed by atoms with Gasteiger partial charge in [0.05, 0.1) is 21.3 Å². The predicted molar refractivity (Wildman–Crippen MR) is 131 cm³/mol. The molecule has 0 bridgehead atoms. The van der Waals surface area contributed by atoms with E-state index >= 15 is 0 Å². The van der Waals surface area contributed by atoms with Gasteiger partial charge in [0.2, 0.25) is 5.75 Å². The molecule has 3 aromatic rings. The van der Waals surface area contributed by atoms with Gasteiger partial charge in [-0.05, 0) is 31.5 Å². The minimum absolute atomic E-state index is 0. The molecule has 0 saturated carbocycles. The summed E-state index contributed by atoms with van der Waals surface area (Å²) >= 11 is 0. The normalized spacial score (nSPS) is 11.0. The molecule has 31 heavy (non-hydrogen) atoms. The van der Waals surface area contributed by atoms with Crippen molar-refractivity contribution in [3.05, 3.63) is 47.9 Å². The molecule has 168 valence electrons. The molecule has 10 heteroatoms. The largest absolute Gasteiger partial charge is 0.493 e. The number of benzene rings is 1. The van der Waals surface area contributed by atoms with Gasteiger partial charge in [0.1, 0.15) is 6.54 Å². The van der Waals surface area contributed by atoms with E-state index in [1.165, 1.54) is 0 Å². The molecular weight excluding hydrogens is 511 g/mol. The van der Waals surface area contributed by atoms with Gasteiger partial charge in [-0.3, -0.25) is 4.40 Å². The Balaban J connectivity index is 0.00000341. The number of hydrogen-bond acceptors (Lipinski definition) is 6. The molecule has 0 atom stereocenters. The van der Waals surface area contributed by atoms with Gasteiger partial charge in [0.15, 0.2) is 28.9 Å². The van der Waals surface area contributed by atoms with Gasteiger partial charge in [-0.25, -0.2) is 4.99 Å². The molecule has 2 aromatic heterocycles. The van der Waals surface area contributed by atoms with Gasteiger partial charge in [0.25, 0.3) is 0 Å². The fourth-order valence-electron chi connectivity index (χ4n) is 3.17. The second-order valence-corrected chi connectivity index (χ2v) is 6.41. The number of pyridine rings is 1. The summed E-state index contributed by atoms with van der Waals surface area (Å²) in [4.78, 5) is 4.64. The van der Waals surface area contributed by atoms with Crippen LogP contribution in [-0.4, -0.2) is 55.0 Å². The average Bonchev–Trinajstić information content (AvgIpc) is 3.20. The zero-order valence-electron chi connectivity index (χ0n) is 18.2. The fraction of sp³-hybridized carbons (Fsp3) is 0.381. The highest BCUT2D eigenvalue weighted by Crippen LogP contribution is 2.39. The highest BCUT2D eigenvalue weighted by Gasteiger charge is 2.15. The number of fused-ring (bicyclic) bond motifs is 1. The maximum Gasteiger partial charge on any atom is 0.203 e. The molecule has 2 heterocycles. The van der Waals surface area contributed by atoms with E-state index in [0.29, 0.717) is 36.3 Å². The van der Waals surface area contributed by atoms with Crippen LogP contribution in [0.3, 0.4) is 0 Å². The van der Waals surface area contributed by atoms with E-state index in [0.717, 1.165) is 30.0 Å². The number of halogens is 1. The van der Waals surface area contributed by atoms with E-state index in [2.05, 4.69) is 25.8 Å². The molecule has 0 amide bonds. The van der Waals surface area contributed by atoms with Crippen molar-refractivity contribution in [1.29, 1.82) is 0 Å². The summed E-state index contributed by atoms with van der Waals surface area (Å²) in [5, 5.41) is 15.0. The van der Waals surface area contributed by atoms with Gasteiger partial charge in [-0.15, -0.1) is 34.2 Å². The monoisotopic (exact) mass is 540 g/mol. The van der Waals surface area contributed by atoms with E-state index < -0.39 is 0 Å². The van der Waals surface area contributed by atoms with Crippen molar-refractivity contribution in [2.45, 2.75) is 19.9 Å². The minimum atomic E-state index is 0. The maximum atomic E-state index is 5.56. The zero-order chi connectivity index (χ0) is 21.3. The Morgan fingerprint density at radius 1 is 1.00 bits per heavy atom. The second kappa shape index (κ2) is 12.2. The van der Waals surface area contributed by atoms with E-state index in [1.54, 1.807) is 21.3 Å². The molecule has 0 fully saturated rings. The van der Waals surface area contributed by atoms with E-state index in [4.69, 9.17) is 14.2 Å². The van der Waals surface area contributed by atoms with E-state index in [9.17, 15) is 0 Å². The highest BCUT2D eigenvalue weighted by atomic mass is 127. The van der Waals surface area contributed by atoms with Crippen molar-refractivity contribution in [3.8, 4) is 17.2 Å². The van der Waals surface area contributed by atoms with Crippen molar-refractivity contribution in [3.63, 3.8) is 0 Å². The first-order valence-corrected chi connectivity index (χ1v) is 9.80. The van der Waals surface area contributed by atoms with Crippen LogP contribution >= 0.6 is 24.0 Å². The summed E-state index contributed by atoms with van der Waals surface area (Å²) in [5.74, 6) is 3.41. The van der Waals surface area contributed by atoms with Crippen molar-refractivity contribution < 1.29 is 14.2 Å². The average molecular weight is 540 g/mol. The summed E-state index contributed by atoms with van der Waals surface area (Å²) in [6.07, 6.45) is 2.66. The van der Waals surface area contributed by atoms with Crippen LogP contribution in [0.15, 0.2) is 41.5 Å². The SMILES string of the molecule is CCNC(=NCc1nnc2ccccn12)NCCc1ccc(OC)c(OC)c1OC.I. The van der Waals surface area contributed by atoms with Crippen LogP contribution in [-0.2, 0) is 13.0 Å². The topological polar surface area (TPSA) is 94.3 Å². The number of nitrogens with one attached hydrogen (secondary N) is 2. The minimum Gasteiger partial charge on any atom is -0.493 e. The highest BCUT2D eigenvalue weighted by molar-refractivity contribution is 14.0. The first-order chi connectivity index (χ1) is 14.7. The Bertz CT molecular complexity index is 1010. The summed E-state index contributed by atoms with van der Waals surface area (Å²) in [6.45, 7) is 3.87. The second-order valence-electron chi connectivity index (χ2n) is 6.41. The number of ether oxygens (including phenoxy) is 3. The summed E-state index contributed by atoms with van der Waals surface area (Å²) in [6, 6.07) is 9.66. The Morgan fingerprint density at radius 3 is 2.52 bits per heavy atom. The Kier molecular flexibility index (Phi) is 9.63. The van der Waals surface area contributed by atoms with Gasteiger partial charge >= 0.3 is 0 Å². The van der Waals surface area contributed by atoms with Crippen molar-refractivity contribution in [2.24, 2.45) is 4.99 Å². The number of rotatable bonds is 9. The van der Waals surface area contributed by atoms with Crippen molar-refractivity contribution in [1.82, 2.24) is 25.2 Å². The molecule has 0 aliphatic rings. The van der Waals surface area contributed by atoms with Gasteiger partial charge in [0, 0.05) is 24.8 Å². The van der Waals surface area contributed by atoms with E-state index in [1.807, 2.05) is 47.9 Å². The lowest BCUT2D eigenvalue weighted by Crippen LogP contribution is -2.38. The molecular formula is C21H29IN6O3. The van der Waals surface area contributed by atoms with Crippen LogP contribution in [0.4, 0.5) is 0 Å². The molecule has 0 aliphatic carbocycles. The third kappa shape index (κ3) is 5.90. The summed E-state index contributed by atoms with van der Waals surface area (Å²) < 4.78 is 18.3. The van der Waals surface area contributed by atoms with Crippen LogP contribution in [0.1, 0.15) is 18.3 Å². The predicted octanol–water partition coefficient (Wildman–Crippen LogP) is 2.67. The molecule has 9 nitrogen and oxygen atoms in total. The van der Waals surface area contributed by atoms with Gasteiger partial charge < -0.3 is 24.8 Å². The smallest absolute Gasteiger partial charge is 0.203 e. The van der Waals surface area contributed by atoms with Crippen LogP contribution in [0.25, 0.3) is 5.65 Å². The molecule has 0 spiro atoms. The van der Waals surface area contributed by atoms with Crippen LogP contribution in [0.2, 0.25) is 0 Å². The maximum absolute atomic E-state index is 5.56. The number of methoxy groups -OCH3 is 3. The third-order valence-electron chi connectivity index (χ3n) is 4.58. The molecule has 3 rings (SSSR count). The fourth-order valence-corrected chi connectivity index (χ4v) is 3.17. The Hall–Kier alpha value is -2.76. The standard InChI is InChI=1S/C21H28N6O3.HI/c1-5-22-21(24-14-18-26-25-17-8-6-7-13-27(17)18)23-12-11-15-9-10-16(28-2)20(30-4)19(15)29-3;/h6-10,13H,5,11-12,14H2,1-4H3,(H2,22,23,24);1H. The Labute approximate surface area is 199 Å². The molecule has 0 radical (unpaired) electrons.